The monoisotopic (exact) mass is 226 g/mol. The van der Waals surface area contributed by atoms with E-state index in [0.717, 1.165) is 5.56 Å². The van der Waals surface area contributed by atoms with E-state index in [0.29, 0.717) is 0 Å². The van der Waals surface area contributed by atoms with Gasteiger partial charge in [0.1, 0.15) is 6.10 Å². The van der Waals surface area contributed by atoms with Crippen molar-refractivity contribution in [3.63, 3.8) is 0 Å². The molecule has 1 heterocycles. The largest absolute Gasteiger partial charge is 0.366 e. The average Bonchev–Trinajstić information content (AvgIpc) is 2.53. The molecule has 0 saturated carbocycles. The Kier molecular flexibility index (Phi) is 3.53. The highest BCUT2D eigenvalue weighted by molar-refractivity contribution is 5.13. The molecular formula is C12H15FO3. The van der Waals surface area contributed by atoms with Gasteiger partial charge in [-0.1, -0.05) is 30.3 Å². The molecule has 4 atom stereocenters. The molecular weight excluding hydrogens is 211 g/mol. The van der Waals surface area contributed by atoms with Crippen LogP contribution in [-0.2, 0) is 16.1 Å². The topological polar surface area (TPSA) is 38.7 Å². The zero-order valence-electron chi connectivity index (χ0n) is 9.04. The van der Waals surface area contributed by atoms with Gasteiger partial charge in [-0.25, -0.2) is 4.39 Å². The summed E-state index contributed by atoms with van der Waals surface area (Å²) in [5, 5.41) is 9.42. The van der Waals surface area contributed by atoms with Crippen molar-refractivity contribution in [2.24, 2.45) is 0 Å². The van der Waals surface area contributed by atoms with Crippen LogP contribution in [0.5, 0.6) is 0 Å². The lowest BCUT2D eigenvalue weighted by molar-refractivity contribution is -0.143. The summed E-state index contributed by atoms with van der Waals surface area (Å²) >= 11 is 0. The van der Waals surface area contributed by atoms with Crippen molar-refractivity contribution in [1.82, 2.24) is 0 Å². The van der Waals surface area contributed by atoms with E-state index in [1.54, 1.807) is 6.92 Å². The lowest BCUT2D eigenvalue weighted by atomic mass is 10.2. The van der Waals surface area contributed by atoms with Gasteiger partial charge >= 0.3 is 0 Å². The van der Waals surface area contributed by atoms with Crippen molar-refractivity contribution in [2.75, 3.05) is 0 Å². The Morgan fingerprint density at radius 3 is 2.62 bits per heavy atom. The zero-order chi connectivity index (χ0) is 11.5. The number of rotatable bonds is 3. The second-order valence-electron chi connectivity index (χ2n) is 3.94. The third kappa shape index (κ3) is 2.40. The molecule has 1 N–H and O–H groups in total. The smallest absolute Gasteiger partial charge is 0.184 e. The van der Waals surface area contributed by atoms with Gasteiger partial charge in [0.25, 0.3) is 0 Å². The fraction of sp³-hybridized carbons (Fsp3) is 0.500. The molecule has 0 radical (unpaired) electrons. The first kappa shape index (κ1) is 11.5. The molecule has 0 aromatic heterocycles. The van der Waals surface area contributed by atoms with Gasteiger partial charge in [-0.3, -0.25) is 0 Å². The highest BCUT2D eigenvalue weighted by atomic mass is 19.1. The molecule has 1 aliphatic rings. The molecule has 88 valence electrons. The fourth-order valence-corrected chi connectivity index (χ4v) is 1.74. The lowest BCUT2D eigenvalue weighted by Gasteiger charge is -2.16. The number of hydrogen-bond donors (Lipinski definition) is 1. The average molecular weight is 226 g/mol. The van der Waals surface area contributed by atoms with Gasteiger partial charge in [-0.15, -0.1) is 0 Å². The number of ether oxygens (including phenoxy) is 2. The summed E-state index contributed by atoms with van der Waals surface area (Å²) in [6.07, 6.45) is -3.96. The van der Waals surface area contributed by atoms with Crippen molar-refractivity contribution in [3.8, 4) is 0 Å². The number of alkyl halides is 1. The summed E-state index contributed by atoms with van der Waals surface area (Å²) in [6.45, 7) is 1.86. The summed E-state index contributed by atoms with van der Waals surface area (Å²) in [7, 11) is 0. The predicted molar refractivity (Wildman–Crippen MR) is 56.5 cm³/mol. The summed E-state index contributed by atoms with van der Waals surface area (Å²) in [5.41, 5.74) is 0.946. The Bertz CT molecular complexity index is 330. The Morgan fingerprint density at radius 2 is 2.06 bits per heavy atom. The van der Waals surface area contributed by atoms with Crippen molar-refractivity contribution >= 4 is 0 Å². The summed E-state index contributed by atoms with van der Waals surface area (Å²) in [4.78, 5) is 0. The molecule has 1 saturated heterocycles. The van der Waals surface area contributed by atoms with E-state index in [2.05, 4.69) is 0 Å². The molecule has 0 amide bonds. The standard InChI is InChI=1S/C12H15FO3/c1-8-10(13)11(12(14)16-8)15-7-9-5-3-2-4-6-9/h2-6,8,10-12,14H,7H2,1H3/t8-,10-,11+,12+/m1/s1. The van der Waals surface area contributed by atoms with Gasteiger partial charge in [0.15, 0.2) is 12.5 Å². The molecule has 0 spiro atoms. The molecule has 1 fully saturated rings. The van der Waals surface area contributed by atoms with E-state index in [1.165, 1.54) is 0 Å². The molecule has 4 heteroatoms. The quantitative estimate of drug-likeness (QED) is 0.851. The van der Waals surface area contributed by atoms with Gasteiger partial charge in [0, 0.05) is 0 Å². The Labute approximate surface area is 93.8 Å². The van der Waals surface area contributed by atoms with Crippen LogP contribution in [0.2, 0.25) is 0 Å². The van der Waals surface area contributed by atoms with Crippen molar-refractivity contribution in [1.29, 1.82) is 0 Å². The van der Waals surface area contributed by atoms with Gasteiger partial charge < -0.3 is 14.6 Å². The number of halogens is 1. The Hall–Kier alpha value is -0.970. The van der Waals surface area contributed by atoms with Crippen LogP contribution >= 0.6 is 0 Å². The zero-order valence-corrected chi connectivity index (χ0v) is 9.04. The first-order chi connectivity index (χ1) is 7.68. The van der Waals surface area contributed by atoms with Crippen LogP contribution in [0.4, 0.5) is 4.39 Å². The van der Waals surface area contributed by atoms with Crippen LogP contribution in [-0.4, -0.2) is 29.8 Å². The van der Waals surface area contributed by atoms with Crippen LogP contribution in [0.25, 0.3) is 0 Å². The molecule has 0 aliphatic carbocycles. The molecule has 0 unspecified atom stereocenters. The highest BCUT2D eigenvalue weighted by Gasteiger charge is 2.42. The molecule has 1 aromatic rings. The van der Waals surface area contributed by atoms with Gasteiger partial charge in [0.05, 0.1) is 12.7 Å². The van der Waals surface area contributed by atoms with Crippen LogP contribution in [0.3, 0.4) is 0 Å². The minimum Gasteiger partial charge on any atom is -0.366 e. The second kappa shape index (κ2) is 4.91. The van der Waals surface area contributed by atoms with E-state index in [1.807, 2.05) is 30.3 Å². The molecule has 1 aliphatic heterocycles. The van der Waals surface area contributed by atoms with Crippen molar-refractivity contribution in [3.05, 3.63) is 35.9 Å². The Balaban J connectivity index is 1.91. The fourth-order valence-electron chi connectivity index (χ4n) is 1.74. The maximum absolute atomic E-state index is 13.5. The van der Waals surface area contributed by atoms with Crippen molar-refractivity contribution < 1.29 is 19.0 Å². The van der Waals surface area contributed by atoms with E-state index >= 15 is 0 Å². The van der Waals surface area contributed by atoms with Crippen molar-refractivity contribution in [2.45, 2.75) is 38.2 Å². The van der Waals surface area contributed by atoms with Crippen LogP contribution in [0, 0.1) is 0 Å². The van der Waals surface area contributed by atoms with Gasteiger partial charge in [-0.05, 0) is 12.5 Å². The highest BCUT2D eigenvalue weighted by Crippen LogP contribution is 2.25. The Morgan fingerprint density at radius 1 is 1.38 bits per heavy atom. The second-order valence-corrected chi connectivity index (χ2v) is 3.94. The van der Waals surface area contributed by atoms with E-state index < -0.39 is 24.7 Å². The van der Waals surface area contributed by atoms with E-state index in [9.17, 15) is 9.50 Å². The number of aliphatic hydroxyl groups excluding tert-OH is 1. The predicted octanol–water partition coefficient (Wildman–Crippen LogP) is 1.65. The minimum absolute atomic E-state index is 0.277. The molecule has 0 bridgehead atoms. The van der Waals surface area contributed by atoms with Crippen LogP contribution in [0.15, 0.2) is 30.3 Å². The first-order valence-electron chi connectivity index (χ1n) is 5.31. The summed E-state index contributed by atoms with van der Waals surface area (Å²) in [5.74, 6) is 0. The normalized spacial score (nSPS) is 34.2. The maximum atomic E-state index is 13.5. The van der Waals surface area contributed by atoms with E-state index in [-0.39, 0.29) is 6.61 Å². The third-order valence-corrected chi connectivity index (χ3v) is 2.68. The SMILES string of the molecule is C[C@H]1O[C@H](O)[C@@H](OCc2ccccc2)[C@@H]1F. The first-order valence-corrected chi connectivity index (χ1v) is 5.31. The third-order valence-electron chi connectivity index (χ3n) is 2.68. The van der Waals surface area contributed by atoms with Crippen LogP contribution < -0.4 is 0 Å². The van der Waals surface area contributed by atoms with Gasteiger partial charge in [-0.2, -0.15) is 0 Å². The molecule has 16 heavy (non-hydrogen) atoms. The number of hydrogen-bond acceptors (Lipinski definition) is 3. The minimum atomic E-state index is -1.28. The van der Waals surface area contributed by atoms with Gasteiger partial charge in [0.2, 0.25) is 0 Å². The summed E-state index contributed by atoms with van der Waals surface area (Å²) < 4.78 is 23.8. The number of aliphatic hydroxyl groups is 1. The molecule has 1 aromatic carbocycles. The summed E-state index contributed by atoms with van der Waals surface area (Å²) in [6, 6.07) is 9.44. The number of benzene rings is 1. The maximum Gasteiger partial charge on any atom is 0.184 e. The lowest BCUT2D eigenvalue weighted by Crippen LogP contribution is -2.31. The van der Waals surface area contributed by atoms with E-state index in [4.69, 9.17) is 9.47 Å². The van der Waals surface area contributed by atoms with Crippen LogP contribution in [0.1, 0.15) is 12.5 Å². The molecule has 3 nitrogen and oxygen atoms in total. The molecule has 2 rings (SSSR count).